The molecule has 1 amide bonds. The van der Waals surface area contributed by atoms with Crippen LogP contribution in [0, 0.1) is 5.92 Å². The second-order valence-corrected chi connectivity index (χ2v) is 6.54. The van der Waals surface area contributed by atoms with Crippen LogP contribution in [-0.4, -0.2) is 46.8 Å². The molecule has 0 N–H and O–H groups in total. The SMILES string of the molecule is Cn1cc([C@H]2C[C@H]2C(=O)N2CCN(c3ccccc3)CC2)cn1. The topological polar surface area (TPSA) is 41.4 Å². The molecule has 1 aromatic carbocycles. The minimum atomic E-state index is 0.169. The van der Waals surface area contributed by atoms with Crippen molar-refractivity contribution in [1.29, 1.82) is 0 Å². The Hall–Kier alpha value is -2.30. The third-order valence-corrected chi connectivity index (χ3v) is 4.97. The number of anilines is 1. The molecule has 1 aliphatic heterocycles. The van der Waals surface area contributed by atoms with Crippen LogP contribution in [0.25, 0.3) is 0 Å². The van der Waals surface area contributed by atoms with Gasteiger partial charge in [0.2, 0.25) is 5.91 Å². The fourth-order valence-electron chi connectivity index (χ4n) is 3.53. The second-order valence-electron chi connectivity index (χ2n) is 6.54. The number of amides is 1. The zero-order valence-electron chi connectivity index (χ0n) is 13.4. The first-order valence-electron chi connectivity index (χ1n) is 8.30. The van der Waals surface area contributed by atoms with Gasteiger partial charge in [-0.2, -0.15) is 5.10 Å². The van der Waals surface area contributed by atoms with E-state index in [1.54, 1.807) is 0 Å². The molecule has 2 fully saturated rings. The summed E-state index contributed by atoms with van der Waals surface area (Å²) < 4.78 is 1.81. The van der Waals surface area contributed by atoms with Gasteiger partial charge in [0.25, 0.3) is 0 Å². The first kappa shape index (κ1) is 14.3. The Bertz CT molecular complexity index is 688. The fourth-order valence-corrected chi connectivity index (χ4v) is 3.53. The molecule has 1 aromatic heterocycles. The number of nitrogens with zero attached hydrogens (tertiary/aromatic N) is 4. The highest BCUT2D eigenvalue weighted by molar-refractivity contribution is 5.83. The quantitative estimate of drug-likeness (QED) is 0.869. The van der Waals surface area contributed by atoms with Gasteiger partial charge in [-0.1, -0.05) is 18.2 Å². The summed E-state index contributed by atoms with van der Waals surface area (Å²) in [6.45, 7) is 3.48. The van der Waals surface area contributed by atoms with Gasteiger partial charge in [-0.05, 0) is 30.0 Å². The summed E-state index contributed by atoms with van der Waals surface area (Å²) >= 11 is 0. The minimum Gasteiger partial charge on any atom is -0.368 e. The van der Waals surface area contributed by atoms with Gasteiger partial charge in [0.15, 0.2) is 0 Å². The van der Waals surface area contributed by atoms with Crippen LogP contribution in [0.15, 0.2) is 42.7 Å². The number of benzene rings is 1. The highest BCUT2D eigenvalue weighted by Crippen LogP contribution is 2.48. The predicted molar refractivity (Wildman–Crippen MR) is 89.3 cm³/mol. The molecule has 2 aliphatic rings. The maximum atomic E-state index is 12.7. The molecule has 5 heteroatoms. The lowest BCUT2D eigenvalue weighted by Gasteiger charge is -2.36. The normalized spacial score (nSPS) is 23.9. The van der Waals surface area contributed by atoms with E-state index >= 15 is 0 Å². The summed E-state index contributed by atoms with van der Waals surface area (Å²) in [7, 11) is 1.92. The maximum absolute atomic E-state index is 12.7. The number of rotatable bonds is 3. The van der Waals surface area contributed by atoms with Crippen LogP contribution in [0.2, 0.25) is 0 Å². The predicted octanol–water partition coefficient (Wildman–Crippen LogP) is 1.87. The molecule has 0 unspecified atom stereocenters. The van der Waals surface area contributed by atoms with E-state index in [4.69, 9.17) is 0 Å². The van der Waals surface area contributed by atoms with Gasteiger partial charge in [-0.3, -0.25) is 9.48 Å². The summed E-state index contributed by atoms with van der Waals surface area (Å²) in [5.41, 5.74) is 2.45. The van der Waals surface area contributed by atoms with Crippen LogP contribution < -0.4 is 4.90 Å². The van der Waals surface area contributed by atoms with Crippen molar-refractivity contribution in [1.82, 2.24) is 14.7 Å². The van der Waals surface area contributed by atoms with Gasteiger partial charge < -0.3 is 9.80 Å². The van der Waals surface area contributed by atoms with Crippen LogP contribution >= 0.6 is 0 Å². The van der Waals surface area contributed by atoms with Crippen molar-refractivity contribution in [3.8, 4) is 0 Å². The molecule has 0 spiro atoms. The number of hydrogen-bond donors (Lipinski definition) is 0. The average Bonchev–Trinajstić information content (AvgIpc) is 3.29. The van der Waals surface area contributed by atoms with Crippen molar-refractivity contribution in [2.45, 2.75) is 12.3 Å². The van der Waals surface area contributed by atoms with E-state index in [0.717, 1.165) is 32.6 Å². The van der Waals surface area contributed by atoms with Gasteiger partial charge in [0.05, 0.1) is 6.20 Å². The van der Waals surface area contributed by atoms with Crippen molar-refractivity contribution in [2.75, 3.05) is 31.1 Å². The summed E-state index contributed by atoms with van der Waals surface area (Å²) in [6, 6.07) is 10.4. The number of para-hydroxylation sites is 1. The lowest BCUT2D eigenvalue weighted by atomic mass is 10.1. The van der Waals surface area contributed by atoms with E-state index in [9.17, 15) is 4.79 Å². The molecule has 120 valence electrons. The van der Waals surface area contributed by atoms with Gasteiger partial charge in [0.1, 0.15) is 0 Å². The van der Waals surface area contributed by atoms with E-state index in [0.29, 0.717) is 11.8 Å². The van der Waals surface area contributed by atoms with Crippen LogP contribution in [0.1, 0.15) is 17.9 Å². The Kier molecular flexibility index (Phi) is 3.56. The Morgan fingerprint density at radius 2 is 1.87 bits per heavy atom. The smallest absolute Gasteiger partial charge is 0.226 e. The molecule has 1 aliphatic carbocycles. The molecule has 23 heavy (non-hydrogen) atoms. The van der Waals surface area contributed by atoms with Crippen molar-refractivity contribution in [3.63, 3.8) is 0 Å². The van der Waals surface area contributed by atoms with Gasteiger partial charge in [0, 0.05) is 51.0 Å². The monoisotopic (exact) mass is 310 g/mol. The number of hydrogen-bond acceptors (Lipinski definition) is 3. The number of carbonyl (C=O) groups is 1. The second kappa shape index (κ2) is 5.72. The highest BCUT2D eigenvalue weighted by atomic mass is 16.2. The molecule has 1 saturated carbocycles. The highest BCUT2D eigenvalue weighted by Gasteiger charge is 2.46. The third-order valence-electron chi connectivity index (χ3n) is 4.97. The van der Waals surface area contributed by atoms with E-state index in [-0.39, 0.29) is 5.92 Å². The van der Waals surface area contributed by atoms with Crippen molar-refractivity contribution < 1.29 is 4.79 Å². The van der Waals surface area contributed by atoms with Crippen LogP contribution in [0.5, 0.6) is 0 Å². The minimum absolute atomic E-state index is 0.169. The summed E-state index contributed by atoms with van der Waals surface area (Å²) in [5, 5.41) is 4.21. The Balaban J connectivity index is 1.33. The number of carbonyl (C=O) groups excluding carboxylic acids is 1. The van der Waals surface area contributed by atoms with Gasteiger partial charge >= 0.3 is 0 Å². The fraction of sp³-hybridized carbons (Fsp3) is 0.444. The van der Waals surface area contributed by atoms with E-state index in [1.807, 2.05) is 35.1 Å². The van der Waals surface area contributed by atoms with Crippen LogP contribution in [-0.2, 0) is 11.8 Å². The number of aromatic nitrogens is 2. The van der Waals surface area contributed by atoms with Crippen LogP contribution in [0.4, 0.5) is 5.69 Å². The zero-order valence-corrected chi connectivity index (χ0v) is 13.4. The Morgan fingerprint density at radius 1 is 1.13 bits per heavy atom. The number of piperazine rings is 1. The van der Waals surface area contributed by atoms with E-state index in [1.165, 1.54) is 11.3 Å². The molecule has 5 nitrogen and oxygen atoms in total. The molecular weight excluding hydrogens is 288 g/mol. The molecular formula is C18H22N4O. The summed E-state index contributed by atoms with van der Waals surface area (Å²) in [5.74, 6) is 0.873. The maximum Gasteiger partial charge on any atom is 0.226 e. The van der Waals surface area contributed by atoms with Crippen molar-refractivity contribution in [2.24, 2.45) is 13.0 Å². The molecule has 2 heterocycles. The van der Waals surface area contributed by atoms with Gasteiger partial charge in [-0.15, -0.1) is 0 Å². The first-order chi connectivity index (χ1) is 11.2. The molecule has 1 saturated heterocycles. The molecule has 0 bridgehead atoms. The lowest BCUT2D eigenvalue weighted by molar-refractivity contribution is -0.132. The first-order valence-corrected chi connectivity index (χ1v) is 8.30. The Labute approximate surface area is 136 Å². The standard InChI is InChI=1S/C18H22N4O/c1-20-13-14(12-19-20)16-11-17(16)18(23)22-9-7-21(8-10-22)15-5-3-2-4-6-15/h2-6,12-13,16-17H,7-11H2,1H3/t16-,17-/m1/s1. The summed E-state index contributed by atoms with van der Waals surface area (Å²) in [6.07, 6.45) is 4.90. The van der Waals surface area contributed by atoms with Crippen molar-refractivity contribution in [3.05, 3.63) is 48.3 Å². The Morgan fingerprint density at radius 3 is 2.52 bits per heavy atom. The summed E-state index contributed by atoms with van der Waals surface area (Å²) in [4.78, 5) is 17.1. The third kappa shape index (κ3) is 2.83. The molecule has 2 atom stereocenters. The molecule has 0 radical (unpaired) electrons. The largest absolute Gasteiger partial charge is 0.368 e. The van der Waals surface area contributed by atoms with E-state index < -0.39 is 0 Å². The molecule has 2 aromatic rings. The van der Waals surface area contributed by atoms with Crippen molar-refractivity contribution >= 4 is 11.6 Å². The molecule has 4 rings (SSSR count). The average molecular weight is 310 g/mol. The van der Waals surface area contributed by atoms with Crippen LogP contribution in [0.3, 0.4) is 0 Å². The zero-order chi connectivity index (χ0) is 15.8. The number of aryl methyl sites for hydroxylation is 1. The van der Waals surface area contributed by atoms with E-state index in [2.05, 4.69) is 34.3 Å². The lowest BCUT2D eigenvalue weighted by Crippen LogP contribution is -2.49. The van der Waals surface area contributed by atoms with Gasteiger partial charge in [-0.25, -0.2) is 0 Å².